The number of aliphatic hydroxyl groups is 1. The van der Waals surface area contributed by atoms with Crippen LogP contribution < -0.4 is 0 Å². The summed E-state index contributed by atoms with van der Waals surface area (Å²) in [6.07, 6.45) is 8.04. The Bertz CT molecular complexity index is 740. The average Bonchev–Trinajstić information content (AvgIpc) is 3.03. The molecule has 0 unspecified atom stereocenters. The van der Waals surface area contributed by atoms with Gasteiger partial charge in [-0.05, 0) is 57.9 Å². The minimum Gasteiger partial charge on any atom is -0.465 e. The van der Waals surface area contributed by atoms with Crippen molar-refractivity contribution in [3.05, 3.63) is 23.3 Å². The second kappa shape index (κ2) is 8.93. The fourth-order valence-corrected chi connectivity index (χ4v) is 5.80. The van der Waals surface area contributed by atoms with Crippen LogP contribution >= 0.6 is 0 Å². The lowest BCUT2D eigenvalue weighted by molar-refractivity contribution is -0.181. The van der Waals surface area contributed by atoms with Gasteiger partial charge in [-0.1, -0.05) is 31.9 Å². The standard InChI is InChI=1S/C24H36O6/c1-5-7-14-24(21(27)29-6-2)18(25)10-9-17-11-15-23(30-16-28-4)13-8-12-22(23,3)20(26)19(17)24/h9-10,18,25H,5-8,11-16H2,1-4H3/t18-,22+,23-,24-/m0/s1. The molecule has 0 aliphatic heterocycles. The van der Waals surface area contributed by atoms with Gasteiger partial charge in [0.25, 0.3) is 0 Å². The van der Waals surface area contributed by atoms with Crippen LogP contribution in [0.1, 0.15) is 72.1 Å². The summed E-state index contributed by atoms with van der Waals surface area (Å²) in [7, 11) is 1.58. The number of methoxy groups -OCH3 is 1. The van der Waals surface area contributed by atoms with Gasteiger partial charge in [0.15, 0.2) is 5.78 Å². The number of carbonyl (C=O) groups excluding carboxylic acids is 2. The van der Waals surface area contributed by atoms with E-state index >= 15 is 0 Å². The molecular formula is C24H36O6. The molecule has 1 fully saturated rings. The molecular weight excluding hydrogens is 384 g/mol. The molecule has 6 heteroatoms. The van der Waals surface area contributed by atoms with Crippen molar-refractivity contribution in [2.45, 2.75) is 83.8 Å². The number of carbonyl (C=O) groups is 2. The van der Waals surface area contributed by atoms with Crippen molar-refractivity contribution in [2.75, 3.05) is 20.5 Å². The van der Waals surface area contributed by atoms with E-state index in [0.717, 1.165) is 31.3 Å². The van der Waals surface area contributed by atoms with Gasteiger partial charge in [-0.3, -0.25) is 9.59 Å². The summed E-state index contributed by atoms with van der Waals surface area (Å²) >= 11 is 0. The summed E-state index contributed by atoms with van der Waals surface area (Å²) in [6, 6.07) is 0. The topological polar surface area (TPSA) is 82.1 Å². The fourth-order valence-electron chi connectivity index (χ4n) is 5.80. The Balaban J connectivity index is 2.15. The van der Waals surface area contributed by atoms with Crippen LogP contribution in [0.5, 0.6) is 0 Å². The highest BCUT2D eigenvalue weighted by Crippen LogP contribution is 2.59. The Morgan fingerprint density at radius 1 is 1.27 bits per heavy atom. The molecule has 0 radical (unpaired) electrons. The number of aliphatic hydroxyl groups excluding tert-OH is 1. The van der Waals surface area contributed by atoms with E-state index in [1.807, 2.05) is 19.9 Å². The molecule has 3 aliphatic carbocycles. The van der Waals surface area contributed by atoms with Gasteiger partial charge in [0.2, 0.25) is 0 Å². The van der Waals surface area contributed by atoms with Crippen molar-refractivity contribution in [1.82, 2.24) is 0 Å². The van der Waals surface area contributed by atoms with Crippen molar-refractivity contribution < 1.29 is 28.9 Å². The van der Waals surface area contributed by atoms with Crippen LogP contribution in [-0.2, 0) is 23.8 Å². The first kappa shape index (κ1) is 23.2. The highest BCUT2D eigenvalue weighted by Gasteiger charge is 2.63. The van der Waals surface area contributed by atoms with Crippen LogP contribution in [0.2, 0.25) is 0 Å². The van der Waals surface area contributed by atoms with Gasteiger partial charge in [-0.15, -0.1) is 0 Å². The molecule has 0 bridgehead atoms. The molecule has 0 aromatic heterocycles. The first-order chi connectivity index (χ1) is 14.3. The minimum atomic E-state index is -1.35. The molecule has 0 saturated heterocycles. The Kier molecular flexibility index (Phi) is 6.90. The quantitative estimate of drug-likeness (QED) is 0.474. The van der Waals surface area contributed by atoms with Gasteiger partial charge in [0.1, 0.15) is 12.2 Å². The maximum Gasteiger partial charge on any atom is 0.319 e. The summed E-state index contributed by atoms with van der Waals surface area (Å²) in [4.78, 5) is 27.6. The Morgan fingerprint density at radius 2 is 2.03 bits per heavy atom. The maximum absolute atomic E-state index is 14.3. The Hall–Kier alpha value is -1.50. The lowest BCUT2D eigenvalue weighted by Gasteiger charge is -2.44. The summed E-state index contributed by atoms with van der Waals surface area (Å²) in [6.45, 7) is 6.09. The van der Waals surface area contributed by atoms with Gasteiger partial charge in [-0.2, -0.15) is 0 Å². The summed E-state index contributed by atoms with van der Waals surface area (Å²) < 4.78 is 16.9. The third-order valence-corrected chi connectivity index (χ3v) is 7.56. The van der Waals surface area contributed by atoms with Crippen molar-refractivity contribution >= 4 is 11.8 Å². The van der Waals surface area contributed by atoms with E-state index in [2.05, 4.69) is 0 Å². The highest BCUT2D eigenvalue weighted by atomic mass is 16.7. The van der Waals surface area contributed by atoms with Crippen LogP contribution in [0.15, 0.2) is 23.3 Å². The number of ketones is 1. The van der Waals surface area contributed by atoms with Crippen LogP contribution in [0.4, 0.5) is 0 Å². The van der Waals surface area contributed by atoms with Crippen molar-refractivity contribution in [1.29, 1.82) is 0 Å². The number of hydrogen-bond acceptors (Lipinski definition) is 6. The molecule has 0 heterocycles. The van der Waals surface area contributed by atoms with Crippen LogP contribution in [0, 0.1) is 10.8 Å². The number of rotatable bonds is 8. The van der Waals surface area contributed by atoms with Crippen molar-refractivity contribution in [3.63, 3.8) is 0 Å². The molecule has 168 valence electrons. The number of esters is 1. The second-order valence-electron chi connectivity index (χ2n) is 9.06. The van der Waals surface area contributed by atoms with E-state index in [1.54, 1.807) is 20.1 Å². The molecule has 4 atom stereocenters. The Morgan fingerprint density at radius 3 is 2.70 bits per heavy atom. The zero-order valence-electron chi connectivity index (χ0n) is 18.8. The number of ether oxygens (including phenoxy) is 3. The average molecular weight is 421 g/mol. The predicted molar refractivity (Wildman–Crippen MR) is 113 cm³/mol. The zero-order chi connectivity index (χ0) is 22.0. The van der Waals surface area contributed by atoms with E-state index in [9.17, 15) is 14.7 Å². The van der Waals surface area contributed by atoms with Crippen molar-refractivity contribution in [3.8, 4) is 0 Å². The van der Waals surface area contributed by atoms with E-state index < -0.39 is 28.5 Å². The third kappa shape index (κ3) is 3.37. The smallest absolute Gasteiger partial charge is 0.319 e. The van der Waals surface area contributed by atoms with E-state index in [-0.39, 0.29) is 19.2 Å². The van der Waals surface area contributed by atoms with Crippen molar-refractivity contribution in [2.24, 2.45) is 10.8 Å². The highest BCUT2D eigenvalue weighted by molar-refractivity contribution is 6.08. The molecule has 0 amide bonds. The van der Waals surface area contributed by atoms with Crippen LogP contribution in [0.3, 0.4) is 0 Å². The molecule has 1 N–H and O–H groups in total. The zero-order valence-corrected chi connectivity index (χ0v) is 18.8. The molecule has 0 aromatic rings. The lowest BCUT2D eigenvalue weighted by atomic mass is 9.61. The van der Waals surface area contributed by atoms with Gasteiger partial charge >= 0.3 is 5.97 Å². The predicted octanol–water partition coefficient (Wildman–Crippen LogP) is 3.87. The molecule has 0 aromatic carbocycles. The SMILES string of the molecule is CCCC[C@@]1(C(=O)OCC)C2=C(C=C[C@@H]1O)CC[C@@]1(OCOC)CCC[C@]1(C)C2=O. The first-order valence-corrected chi connectivity index (χ1v) is 11.3. The summed E-state index contributed by atoms with van der Waals surface area (Å²) in [5.74, 6) is -0.570. The monoisotopic (exact) mass is 420 g/mol. The third-order valence-electron chi connectivity index (χ3n) is 7.56. The lowest BCUT2D eigenvalue weighted by Crippen LogP contribution is -2.54. The first-order valence-electron chi connectivity index (χ1n) is 11.3. The number of unbranched alkanes of at least 4 members (excludes halogenated alkanes) is 1. The second-order valence-corrected chi connectivity index (χ2v) is 9.06. The molecule has 1 saturated carbocycles. The number of allylic oxidation sites excluding steroid dienone is 2. The van der Waals surface area contributed by atoms with E-state index in [1.165, 1.54) is 0 Å². The van der Waals surface area contributed by atoms with Gasteiger partial charge < -0.3 is 19.3 Å². The number of hydrogen-bond donors (Lipinski definition) is 1. The summed E-state index contributed by atoms with van der Waals surface area (Å²) in [5, 5.41) is 11.1. The Labute approximate surface area is 179 Å². The fraction of sp³-hybridized carbons (Fsp3) is 0.750. The number of Topliss-reactive ketones (excluding diaryl/α,β-unsaturated/α-hetero) is 1. The van der Waals surface area contributed by atoms with Crippen LogP contribution in [-0.4, -0.2) is 49.1 Å². The minimum absolute atomic E-state index is 0.0730. The van der Waals surface area contributed by atoms with Gasteiger partial charge in [-0.25, -0.2) is 0 Å². The molecule has 30 heavy (non-hydrogen) atoms. The van der Waals surface area contributed by atoms with E-state index in [4.69, 9.17) is 14.2 Å². The van der Waals surface area contributed by atoms with Gasteiger partial charge in [0.05, 0.1) is 23.7 Å². The normalized spacial score (nSPS) is 35.8. The maximum atomic E-state index is 14.3. The largest absolute Gasteiger partial charge is 0.465 e. The molecule has 3 rings (SSSR count). The molecule has 6 nitrogen and oxygen atoms in total. The summed E-state index contributed by atoms with van der Waals surface area (Å²) in [5.41, 5.74) is -1.45. The molecule has 3 aliphatic rings. The van der Waals surface area contributed by atoms with E-state index in [0.29, 0.717) is 31.3 Å². The number of fused-ring (bicyclic) bond motifs is 1. The van der Waals surface area contributed by atoms with Gasteiger partial charge in [0, 0.05) is 12.7 Å². The molecule has 0 spiro atoms. The van der Waals surface area contributed by atoms with Crippen LogP contribution in [0.25, 0.3) is 0 Å².